The fraction of sp³-hybridized carbons (Fsp3) is 0.647. The average Bonchev–Trinajstić information content (AvgIpc) is 2.78. The lowest BCUT2D eigenvalue weighted by atomic mass is 9.87. The molecule has 2 aliphatic rings. The van der Waals surface area contributed by atoms with Crippen LogP contribution in [0, 0.1) is 6.92 Å². The number of nitrogens with zero attached hydrogens (tertiary/aromatic N) is 1. The van der Waals surface area contributed by atoms with Gasteiger partial charge in [0.1, 0.15) is 0 Å². The molecule has 0 radical (unpaired) electrons. The van der Waals surface area contributed by atoms with Gasteiger partial charge in [-0.1, -0.05) is 30.5 Å². The maximum absolute atomic E-state index is 6.31. The summed E-state index contributed by atoms with van der Waals surface area (Å²) in [5, 5.41) is 4.79. The summed E-state index contributed by atoms with van der Waals surface area (Å²) in [5.74, 6) is 0. The van der Waals surface area contributed by atoms with E-state index in [1.165, 1.54) is 31.4 Å². The second-order valence-corrected chi connectivity index (χ2v) is 7.69. The van der Waals surface area contributed by atoms with Gasteiger partial charge in [0, 0.05) is 34.9 Å². The molecule has 2 fully saturated rings. The molecular formula is C17H25ClN2. The van der Waals surface area contributed by atoms with Crippen LogP contribution in [-0.2, 0) is 0 Å². The van der Waals surface area contributed by atoms with Crippen molar-refractivity contribution in [3.05, 3.63) is 28.8 Å². The lowest BCUT2D eigenvalue weighted by Gasteiger charge is -2.51. The molecule has 0 bridgehead atoms. The van der Waals surface area contributed by atoms with Gasteiger partial charge in [0.25, 0.3) is 0 Å². The van der Waals surface area contributed by atoms with Gasteiger partial charge in [-0.2, -0.15) is 0 Å². The lowest BCUT2D eigenvalue weighted by Crippen LogP contribution is -2.68. The summed E-state index contributed by atoms with van der Waals surface area (Å²) < 4.78 is 0. The molecule has 1 aromatic carbocycles. The van der Waals surface area contributed by atoms with E-state index in [2.05, 4.69) is 49.2 Å². The molecule has 110 valence electrons. The zero-order chi connectivity index (χ0) is 14.4. The standard InChI is InChI=1S/C17H25ClN2/c1-13-6-7-14(10-15(13)18)20-11-16(2,3)19-17(12-20)8-4-5-9-17/h6-7,10,19H,4-5,8-9,11-12H2,1-3H3. The normalized spacial score (nSPS) is 24.3. The predicted molar refractivity (Wildman–Crippen MR) is 86.8 cm³/mol. The fourth-order valence-corrected chi connectivity index (χ4v) is 4.17. The molecular weight excluding hydrogens is 268 g/mol. The van der Waals surface area contributed by atoms with Crippen LogP contribution in [0.1, 0.15) is 45.1 Å². The Balaban J connectivity index is 1.90. The first-order valence-electron chi connectivity index (χ1n) is 7.70. The molecule has 0 aromatic heterocycles. The molecule has 0 unspecified atom stereocenters. The predicted octanol–water partition coefficient (Wildman–Crippen LogP) is 4.15. The van der Waals surface area contributed by atoms with Gasteiger partial charge in [0.2, 0.25) is 0 Å². The van der Waals surface area contributed by atoms with Crippen molar-refractivity contribution in [3.63, 3.8) is 0 Å². The van der Waals surface area contributed by atoms with Crippen LogP contribution in [0.3, 0.4) is 0 Å². The third kappa shape index (κ3) is 2.68. The van der Waals surface area contributed by atoms with Gasteiger partial charge in [0.05, 0.1) is 0 Å². The Kier molecular flexibility index (Phi) is 3.50. The average molecular weight is 293 g/mol. The third-order valence-electron chi connectivity index (χ3n) is 4.76. The van der Waals surface area contributed by atoms with E-state index in [4.69, 9.17) is 11.6 Å². The van der Waals surface area contributed by atoms with E-state index in [-0.39, 0.29) is 5.54 Å². The topological polar surface area (TPSA) is 15.3 Å². The van der Waals surface area contributed by atoms with Gasteiger partial charge >= 0.3 is 0 Å². The van der Waals surface area contributed by atoms with Crippen molar-refractivity contribution in [1.82, 2.24) is 5.32 Å². The van der Waals surface area contributed by atoms with Gasteiger partial charge in [0.15, 0.2) is 0 Å². The summed E-state index contributed by atoms with van der Waals surface area (Å²) in [5.41, 5.74) is 2.88. The summed E-state index contributed by atoms with van der Waals surface area (Å²) in [6, 6.07) is 6.47. The van der Waals surface area contributed by atoms with Crippen LogP contribution in [0.25, 0.3) is 0 Å². The maximum Gasteiger partial charge on any atom is 0.0455 e. The highest BCUT2D eigenvalue weighted by Crippen LogP contribution is 2.37. The van der Waals surface area contributed by atoms with Crippen molar-refractivity contribution < 1.29 is 0 Å². The first-order valence-corrected chi connectivity index (χ1v) is 8.08. The SMILES string of the molecule is Cc1ccc(N2CC(C)(C)NC3(CCCC3)C2)cc1Cl. The highest BCUT2D eigenvalue weighted by molar-refractivity contribution is 6.31. The second-order valence-electron chi connectivity index (χ2n) is 7.29. The molecule has 1 aliphatic heterocycles. The van der Waals surface area contributed by atoms with E-state index in [1.807, 2.05) is 0 Å². The molecule has 3 rings (SSSR count). The number of benzene rings is 1. The molecule has 3 heteroatoms. The summed E-state index contributed by atoms with van der Waals surface area (Å²) >= 11 is 6.31. The maximum atomic E-state index is 6.31. The van der Waals surface area contributed by atoms with E-state index in [1.54, 1.807) is 0 Å². The van der Waals surface area contributed by atoms with Crippen molar-refractivity contribution in [2.45, 2.75) is 57.5 Å². The molecule has 0 atom stereocenters. The van der Waals surface area contributed by atoms with Crippen LogP contribution in [-0.4, -0.2) is 24.2 Å². The van der Waals surface area contributed by atoms with Crippen LogP contribution in [0.5, 0.6) is 0 Å². The minimum atomic E-state index is 0.153. The molecule has 1 heterocycles. The summed E-state index contributed by atoms with van der Waals surface area (Å²) in [7, 11) is 0. The minimum Gasteiger partial charge on any atom is -0.368 e. The minimum absolute atomic E-state index is 0.153. The number of piperazine rings is 1. The van der Waals surface area contributed by atoms with Gasteiger partial charge in [-0.15, -0.1) is 0 Å². The quantitative estimate of drug-likeness (QED) is 0.836. The molecule has 1 spiro atoms. The van der Waals surface area contributed by atoms with Crippen molar-refractivity contribution in [3.8, 4) is 0 Å². The van der Waals surface area contributed by atoms with Crippen molar-refractivity contribution >= 4 is 17.3 Å². The third-order valence-corrected chi connectivity index (χ3v) is 5.17. The van der Waals surface area contributed by atoms with E-state index < -0.39 is 0 Å². The number of aryl methyl sites for hydroxylation is 1. The Bertz CT molecular complexity index is 504. The molecule has 2 nitrogen and oxygen atoms in total. The first kappa shape index (κ1) is 14.2. The second kappa shape index (κ2) is 4.92. The van der Waals surface area contributed by atoms with Crippen molar-refractivity contribution in [2.24, 2.45) is 0 Å². The lowest BCUT2D eigenvalue weighted by molar-refractivity contribution is 0.197. The van der Waals surface area contributed by atoms with Gasteiger partial charge in [-0.3, -0.25) is 0 Å². The first-order chi connectivity index (χ1) is 9.39. The smallest absolute Gasteiger partial charge is 0.0455 e. The summed E-state index contributed by atoms with van der Waals surface area (Å²) in [4.78, 5) is 2.52. The zero-order valence-corrected chi connectivity index (χ0v) is 13.6. The van der Waals surface area contributed by atoms with Crippen LogP contribution < -0.4 is 10.2 Å². The summed E-state index contributed by atoms with van der Waals surface area (Å²) in [6.45, 7) is 8.83. The fourth-order valence-electron chi connectivity index (χ4n) is 3.99. The molecule has 20 heavy (non-hydrogen) atoms. The Morgan fingerprint density at radius 1 is 1.15 bits per heavy atom. The Morgan fingerprint density at radius 3 is 2.50 bits per heavy atom. The molecule has 0 amide bonds. The molecule has 1 saturated carbocycles. The Hall–Kier alpha value is -0.730. The van der Waals surface area contributed by atoms with Gasteiger partial charge in [-0.05, 0) is 51.3 Å². The number of hydrogen-bond acceptors (Lipinski definition) is 2. The van der Waals surface area contributed by atoms with Crippen molar-refractivity contribution in [2.75, 3.05) is 18.0 Å². The van der Waals surface area contributed by atoms with Crippen LogP contribution in [0.4, 0.5) is 5.69 Å². The van der Waals surface area contributed by atoms with E-state index >= 15 is 0 Å². The van der Waals surface area contributed by atoms with Gasteiger partial charge in [-0.25, -0.2) is 0 Å². The van der Waals surface area contributed by atoms with Crippen LogP contribution >= 0.6 is 11.6 Å². The summed E-state index contributed by atoms with van der Waals surface area (Å²) in [6.07, 6.45) is 5.30. The monoisotopic (exact) mass is 292 g/mol. The Morgan fingerprint density at radius 2 is 1.85 bits per heavy atom. The van der Waals surface area contributed by atoms with Crippen LogP contribution in [0.15, 0.2) is 18.2 Å². The molecule has 1 aromatic rings. The number of halogens is 1. The number of rotatable bonds is 1. The Labute approximate surface area is 127 Å². The molecule has 1 saturated heterocycles. The van der Waals surface area contributed by atoms with Crippen LogP contribution in [0.2, 0.25) is 5.02 Å². The van der Waals surface area contributed by atoms with E-state index in [0.717, 1.165) is 23.7 Å². The molecule has 1 aliphatic carbocycles. The van der Waals surface area contributed by atoms with E-state index in [9.17, 15) is 0 Å². The number of anilines is 1. The zero-order valence-electron chi connectivity index (χ0n) is 12.8. The highest BCUT2D eigenvalue weighted by Gasteiger charge is 2.44. The number of nitrogens with one attached hydrogen (secondary N) is 1. The number of hydrogen-bond donors (Lipinski definition) is 1. The highest BCUT2D eigenvalue weighted by atomic mass is 35.5. The van der Waals surface area contributed by atoms with Crippen molar-refractivity contribution in [1.29, 1.82) is 0 Å². The van der Waals surface area contributed by atoms with E-state index in [0.29, 0.717) is 5.54 Å². The van der Waals surface area contributed by atoms with Gasteiger partial charge < -0.3 is 10.2 Å². The largest absolute Gasteiger partial charge is 0.368 e. The molecule has 1 N–H and O–H groups in total.